The molecule has 1 aliphatic rings. The van der Waals surface area contributed by atoms with Crippen molar-refractivity contribution in [1.82, 2.24) is 5.32 Å². The van der Waals surface area contributed by atoms with E-state index in [1.165, 1.54) is 12.8 Å². The zero-order valence-electron chi connectivity index (χ0n) is 6.75. The lowest BCUT2D eigenvalue weighted by Crippen LogP contribution is -2.32. The molecule has 1 aliphatic carbocycles. The highest BCUT2D eigenvalue weighted by Gasteiger charge is 2.18. The normalized spacial score (nSPS) is 31.4. The predicted molar refractivity (Wildman–Crippen MR) is 44.0 cm³/mol. The van der Waals surface area contributed by atoms with Crippen molar-refractivity contribution in [3.8, 4) is 0 Å². The van der Waals surface area contributed by atoms with Gasteiger partial charge >= 0.3 is 0 Å². The van der Waals surface area contributed by atoms with Gasteiger partial charge in [0, 0.05) is 12.6 Å². The average molecular weight is 156 g/mol. The molecule has 1 amide bonds. The van der Waals surface area contributed by atoms with Gasteiger partial charge in [0.15, 0.2) is 0 Å². The summed E-state index contributed by atoms with van der Waals surface area (Å²) >= 11 is 0. The average Bonchev–Trinajstić information content (AvgIpc) is 2.01. The fourth-order valence-corrected chi connectivity index (χ4v) is 1.73. The second kappa shape index (κ2) is 4.34. The molecule has 0 radical (unpaired) electrons. The summed E-state index contributed by atoms with van der Waals surface area (Å²) in [6.07, 6.45) is 5.42. The molecule has 3 N–H and O–H groups in total. The second-order valence-electron chi connectivity index (χ2n) is 3.32. The third-order valence-corrected chi connectivity index (χ3v) is 2.31. The summed E-state index contributed by atoms with van der Waals surface area (Å²) in [4.78, 5) is 9.99. The quantitative estimate of drug-likeness (QED) is 0.575. The van der Waals surface area contributed by atoms with Crippen LogP contribution in [0.1, 0.15) is 25.7 Å². The lowest BCUT2D eigenvalue weighted by Gasteiger charge is -2.25. The van der Waals surface area contributed by atoms with Gasteiger partial charge in [0.1, 0.15) is 0 Å². The fraction of sp³-hybridized carbons (Fsp3) is 0.875. The summed E-state index contributed by atoms with van der Waals surface area (Å²) in [7, 11) is 0. The number of nitrogens with two attached hydrogens (primary N) is 1. The van der Waals surface area contributed by atoms with Gasteiger partial charge in [0.05, 0.1) is 0 Å². The lowest BCUT2D eigenvalue weighted by molar-refractivity contribution is -0.109. The molecular weight excluding hydrogens is 140 g/mol. The van der Waals surface area contributed by atoms with Crippen LogP contribution in [0.15, 0.2) is 0 Å². The van der Waals surface area contributed by atoms with Crippen LogP contribution in [0.4, 0.5) is 0 Å². The molecular formula is C8H16N2O. The van der Waals surface area contributed by atoms with Crippen LogP contribution in [0.2, 0.25) is 0 Å². The third-order valence-electron chi connectivity index (χ3n) is 2.31. The van der Waals surface area contributed by atoms with E-state index < -0.39 is 0 Å². The largest absolute Gasteiger partial charge is 0.358 e. The molecule has 1 fully saturated rings. The van der Waals surface area contributed by atoms with E-state index in [-0.39, 0.29) is 0 Å². The highest BCUT2D eigenvalue weighted by molar-refractivity contribution is 5.45. The Morgan fingerprint density at radius 1 is 1.55 bits per heavy atom. The van der Waals surface area contributed by atoms with E-state index >= 15 is 0 Å². The second-order valence-corrected chi connectivity index (χ2v) is 3.32. The maximum absolute atomic E-state index is 9.99. The number of carbonyl (C=O) groups is 1. The van der Waals surface area contributed by atoms with Gasteiger partial charge in [-0.05, 0) is 25.2 Å². The first-order valence-electron chi connectivity index (χ1n) is 4.25. The van der Waals surface area contributed by atoms with E-state index in [0.717, 1.165) is 25.8 Å². The summed E-state index contributed by atoms with van der Waals surface area (Å²) in [6, 6.07) is 0.363. The Kier molecular flexibility index (Phi) is 3.36. The van der Waals surface area contributed by atoms with E-state index in [0.29, 0.717) is 12.0 Å². The van der Waals surface area contributed by atoms with Crippen molar-refractivity contribution in [3.63, 3.8) is 0 Å². The summed E-state index contributed by atoms with van der Waals surface area (Å²) < 4.78 is 0. The minimum Gasteiger partial charge on any atom is -0.358 e. The van der Waals surface area contributed by atoms with Gasteiger partial charge in [-0.2, -0.15) is 0 Å². The van der Waals surface area contributed by atoms with Crippen LogP contribution in [0.25, 0.3) is 0 Å². The van der Waals surface area contributed by atoms with Gasteiger partial charge in [-0.3, -0.25) is 4.79 Å². The van der Waals surface area contributed by atoms with Crippen LogP contribution in [-0.2, 0) is 4.79 Å². The first kappa shape index (κ1) is 8.53. The van der Waals surface area contributed by atoms with Crippen molar-refractivity contribution in [1.29, 1.82) is 0 Å². The molecule has 0 bridgehead atoms. The van der Waals surface area contributed by atoms with E-state index in [4.69, 9.17) is 5.73 Å². The summed E-state index contributed by atoms with van der Waals surface area (Å²) in [5.74, 6) is 0.615. The Bertz CT molecular complexity index is 127. The van der Waals surface area contributed by atoms with Crippen LogP contribution >= 0.6 is 0 Å². The minimum absolute atomic E-state index is 0.363. The van der Waals surface area contributed by atoms with Crippen molar-refractivity contribution in [3.05, 3.63) is 0 Å². The van der Waals surface area contributed by atoms with Crippen molar-refractivity contribution in [2.45, 2.75) is 31.7 Å². The Morgan fingerprint density at radius 2 is 2.36 bits per heavy atom. The first-order chi connectivity index (χ1) is 5.33. The fourth-order valence-electron chi connectivity index (χ4n) is 1.73. The number of hydrogen-bond acceptors (Lipinski definition) is 2. The summed E-state index contributed by atoms with van der Waals surface area (Å²) in [6.45, 7) is 0.803. The molecule has 3 heteroatoms. The Morgan fingerprint density at radius 3 is 3.00 bits per heavy atom. The lowest BCUT2D eigenvalue weighted by atomic mass is 9.86. The smallest absolute Gasteiger partial charge is 0.207 e. The van der Waals surface area contributed by atoms with Gasteiger partial charge in [-0.1, -0.05) is 6.42 Å². The molecule has 1 saturated carbocycles. The van der Waals surface area contributed by atoms with Gasteiger partial charge in [-0.25, -0.2) is 0 Å². The van der Waals surface area contributed by atoms with Crippen LogP contribution in [0, 0.1) is 5.92 Å². The highest BCUT2D eigenvalue weighted by Crippen LogP contribution is 2.21. The zero-order chi connectivity index (χ0) is 8.10. The number of hydrogen-bond donors (Lipinski definition) is 2. The van der Waals surface area contributed by atoms with E-state index in [2.05, 4.69) is 5.32 Å². The minimum atomic E-state index is 0.363. The zero-order valence-corrected chi connectivity index (χ0v) is 6.75. The van der Waals surface area contributed by atoms with Crippen LogP contribution in [-0.4, -0.2) is 19.0 Å². The van der Waals surface area contributed by atoms with Crippen LogP contribution < -0.4 is 11.1 Å². The molecule has 3 nitrogen and oxygen atoms in total. The van der Waals surface area contributed by atoms with E-state index in [1.807, 2.05) is 0 Å². The topological polar surface area (TPSA) is 55.1 Å². The Balaban J connectivity index is 2.17. The maximum Gasteiger partial charge on any atom is 0.207 e. The van der Waals surface area contributed by atoms with Crippen LogP contribution in [0.3, 0.4) is 0 Å². The maximum atomic E-state index is 9.99. The number of carbonyl (C=O) groups excluding carboxylic acids is 1. The predicted octanol–water partition coefficient (Wildman–Crippen LogP) is 0.250. The molecule has 64 valence electrons. The molecule has 0 spiro atoms. The van der Waals surface area contributed by atoms with Crippen LogP contribution in [0.5, 0.6) is 0 Å². The van der Waals surface area contributed by atoms with Crippen molar-refractivity contribution in [2.24, 2.45) is 11.7 Å². The summed E-state index contributed by atoms with van der Waals surface area (Å²) in [5.41, 5.74) is 5.78. The monoisotopic (exact) mass is 156 g/mol. The molecule has 0 aromatic heterocycles. The molecule has 2 unspecified atom stereocenters. The molecule has 2 atom stereocenters. The standard InChI is InChI=1S/C8H16N2O/c9-8-3-1-2-7(4-8)5-10-6-11/h6-8H,1-5,9H2,(H,10,11). The van der Waals surface area contributed by atoms with Crippen molar-refractivity contribution >= 4 is 6.41 Å². The molecule has 0 saturated heterocycles. The highest BCUT2D eigenvalue weighted by atomic mass is 16.1. The van der Waals surface area contributed by atoms with E-state index in [9.17, 15) is 4.79 Å². The Hall–Kier alpha value is -0.570. The first-order valence-corrected chi connectivity index (χ1v) is 4.25. The molecule has 0 aromatic rings. The third kappa shape index (κ3) is 2.89. The van der Waals surface area contributed by atoms with Gasteiger partial charge in [0.25, 0.3) is 0 Å². The number of rotatable bonds is 3. The van der Waals surface area contributed by atoms with Crippen molar-refractivity contribution in [2.75, 3.05) is 6.54 Å². The van der Waals surface area contributed by atoms with Gasteiger partial charge in [-0.15, -0.1) is 0 Å². The molecule has 0 aliphatic heterocycles. The van der Waals surface area contributed by atoms with Crippen molar-refractivity contribution < 1.29 is 4.79 Å². The molecule has 0 heterocycles. The number of amides is 1. The SMILES string of the molecule is NC1CCCC(CNC=O)C1. The number of nitrogens with one attached hydrogen (secondary N) is 1. The van der Waals surface area contributed by atoms with Gasteiger partial charge in [0.2, 0.25) is 6.41 Å². The molecule has 0 aromatic carbocycles. The Labute approximate surface area is 67.3 Å². The summed E-state index contributed by atoms with van der Waals surface area (Å²) in [5, 5.41) is 2.70. The molecule has 11 heavy (non-hydrogen) atoms. The van der Waals surface area contributed by atoms with Gasteiger partial charge < -0.3 is 11.1 Å². The van der Waals surface area contributed by atoms with E-state index in [1.54, 1.807) is 0 Å². The molecule has 1 rings (SSSR count).